The van der Waals surface area contributed by atoms with E-state index in [2.05, 4.69) is 15.6 Å². The minimum Gasteiger partial charge on any atom is -0.432 e. The standard InChI is InChI=1S/C21H25ClN4O4/c1-29-11-12-6-5-9-26(12)19(27)18-23-14-10-13(22)16-15(17(14)30-18)21(25-20(28)24-16)7-3-2-4-8-21/h10,12H,2-9,11H2,1H3,(H2,24,25,28). The summed E-state index contributed by atoms with van der Waals surface area (Å²) in [7, 11) is 1.64. The second-order valence-corrected chi connectivity index (χ2v) is 8.85. The molecule has 9 heteroatoms. The molecule has 1 aliphatic carbocycles. The van der Waals surface area contributed by atoms with E-state index in [1.165, 1.54) is 0 Å². The molecule has 2 aromatic rings. The second-order valence-electron chi connectivity index (χ2n) is 8.45. The molecule has 1 aromatic carbocycles. The fraction of sp³-hybridized carbons (Fsp3) is 0.571. The summed E-state index contributed by atoms with van der Waals surface area (Å²) < 4.78 is 11.4. The number of likely N-dealkylation sites (tertiary alicyclic amines) is 1. The Morgan fingerprint density at radius 2 is 2.17 bits per heavy atom. The molecule has 1 aromatic heterocycles. The molecule has 1 saturated carbocycles. The van der Waals surface area contributed by atoms with E-state index in [-0.39, 0.29) is 23.9 Å². The molecular weight excluding hydrogens is 408 g/mol. The number of rotatable bonds is 3. The highest BCUT2D eigenvalue weighted by Gasteiger charge is 2.44. The van der Waals surface area contributed by atoms with Gasteiger partial charge in [0, 0.05) is 19.2 Å². The number of nitrogens with one attached hydrogen (secondary N) is 2. The number of oxazole rings is 1. The molecule has 1 spiro atoms. The van der Waals surface area contributed by atoms with Crippen LogP contribution in [0.3, 0.4) is 0 Å². The van der Waals surface area contributed by atoms with E-state index in [0.29, 0.717) is 35.0 Å². The van der Waals surface area contributed by atoms with E-state index in [1.54, 1.807) is 18.1 Å². The Hall–Kier alpha value is -2.32. The van der Waals surface area contributed by atoms with Gasteiger partial charge in [-0.15, -0.1) is 0 Å². The normalized spacial score (nSPS) is 22.8. The maximum absolute atomic E-state index is 13.2. The first-order chi connectivity index (χ1) is 14.5. The first kappa shape index (κ1) is 19.6. The van der Waals surface area contributed by atoms with Crippen LogP contribution in [0.25, 0.3) is 11.1 Å². The summed E-state index contributed by atoms with van der Waals surface area (Å²) in [5.74, 6) is -0.179. The van der Waals surface area contributed by atoms with Crippen molar-refractivity contribution in [3.63, 3.8) is 0 Å². The minimum absolute atomic E-state index is 0.0284. The largest absolute Gasteiger partial charge is 0.432 e. The van der Waals surface area contributed by atoms with Gasteiger partial charge >= 0.3 is 11.9 Å². The van der Waals surface area contributed by atoms with Gasteiger partial charge in [0.2, 0.25) is 0 Å². The van der Waals surface area contributed by atoms with E-state index in [9.17, 15) is 9.59 Å². The number of amides is 3. The average Bonchev–Trinajstić information content (AvgIpc) is 3.35. The number of ether oxygens (including phenoxy) is 1. The highest BCUT2D eigenvalue weighted by atomic mass is 35.5. The number of aromatic nitrogens is 1. The number of nitrogens with zero attached hydrogens (tertiary/aromatic N) is 2. The lowest BCUT2D eigenvalue weighted by Gasteiger charge is -2.42. The Labute approximate surface area is 179 Å². The van der Waals surface area contributed by atoms with Crippen molar-refractivity contribution in [2.24, 2.45) is 0 Å². The number of benzene rings is 1. The molecular formula is C21H25ClN4O4. The Balaban J connectivity index is 1.61. The Kier molecular flexibility index (Phi) is 4.86. The van der Waals surface area contributed by atoms with Crippen molar-refractivity contribution >= 4 is 40.3 Å². The Morgan fingerprint density at radius 1 is 1.37 bits per heavy atom. The van der Waals surface area contributed by atoms with Gasteiger partial charge in [-0.1, -0.05) is 30.9 Å². The fourth-order valence-corrected chi connectivity index (χ4v) is 5.50. The number of anilines is 1. The number of carbonyl (C=O) groups is 2. The van der Waals surface area contributed by atoms with Crippen LogP contribution in [0.15, 0.2) is 10.5 Å². The number of urea groups is 1. The predicted molar refractivity (Wildman–Crippen MR) is 112 cm³/mol. The van der Waals surface area contributed by atoms with Gasteiger partial charge in [-0.2, -0.15) is 0 Å². The number of hydrogen-bond acceptors (Lipinski definition) is 5. The lowest BCUT2D eigenvalue weighted by Crippen LogP contribution is -2.52. The first-order valence-corrected chi connectivity index (χ1v) is 10.9. The summed E-state index contributed by atoms with van der Waals surface area (Å²) in [5.41, 5.74) is 1.88. The van der Waals surface area contributed by atoms with Crippen LogP contribution in [0.5, 0.6) is 0 Å². The van der Waals surface area contributed by atoms with Crippen LogP contribution >= 0.6 is 11.6 Å². The first-order valence-electron chi connectivity index (χ1n) is 10.5. The molecule has 2 fully saturated rings. The number of hydrogen-bond donors (Lipinski definition) is 2. The minimum atomic E-state index is -0.550. The molecule has 2 N–H and O–H groups in total. The van der Waals surface area contributed by atoms with Crippen LogP contribution in [0.4, 0.5) is 10.5 Å². The summed E-state index contributed by atoms with van der Waals surface area (Å²) in [6, 6.07) is 1.43. The van der Waals surface area contributed by atoms with E-state index in [0.717, 1.165) is 50.5 Å². The summed E-state index contributed by atoms with van der Waals surface area (Å²) in [6.07, 6.45) is 6.56. The number of methoxy groups -OCH3 is 1. The van der Waals surface area contributed by atoms with Gasteiger partial charge in [0.1, 0.15) is 5.52 Å². The van der Waals surface area contributed by atoms with E-state index in [1.807, 2.05) is 0 Å². The highest BCUT2D eigenvalue weighted by molar-refractivity contribution is 6.35. The van der Waals surface area contributed by atoms with Gasteiger partial charge in [-0.25, -0.2) is 9.78 Å². The van der Waals surface area contributed by atoms with Crippen molar-refractivity contribution in [2.75, 3.05) is 25.6 Å². The van der Waals surface area contributed by atoms with Crippen LogP contribution in [-0.4, -0.2) is 48.1 Å². The van der Waals surface area contributed by atoms with Crippen LogP contribution in [0.1, 0.15) is 61.2 Å². The molecule has 3 heterocycles. The molecule has 5 rings (SSSR count). The second kappa shape index (κ2) is 7.42. The maximum Gasteiger partial charge on any atom is 0.319 e. The molecule has 3 aliphatic rings. The zero-order valence-corrected chi connectivity index (χ0v) is 17.7. The van der Waals surface area contributed by atoms with Gasteiger partial charge in [0.15, 0.2) is 5.58 Å². The average molecular weight is 433 g/mol. The van der Waals surface area contributed by atoms with Crippen molar-refractivity contribution in [1.29, 1.82) is 0 Å². The smallest absolute Gasteiger partial charge is 0.319 e. The molecule has 30 heavy (non-hydrogen) atoms. The van der Waals surface area contributed by atoms with Crippen molar-refractivity contribution in [2.45, 2.75) is 56.5 Å². The zero-order valence-electron chi connectivity index (χ0n) is 16.9. The third-order valence-electron chi connectivity index (χ3n) is 6.59. The summed E-state index contributed by atoms with van der Waals surface area (Å²) >= 11 is 6.53. The number of halogens is 1. The summed E-state index contributed by atoms with van der Waals surface area (Å²) in [5, 5.41) is 6.35. The Bertz CT molecular complexity index is 1010. The molecule has 1 atom stereocenters. The van der Waals surface area contributed by atoms with Crippen LogP contribution in [0.2, 0.25) is 5.02 Å². The van der Waals surface area contributed by atoms with Gasteiger partial charge in [0.05, 0.1) is 28.9 Å². The maximum atomic E-state index is 13.2. The molecule has 8 nitrogen and oxygen atoms in total. The molecule has 0 bridgehead atoms. The van der Waals surface area contributed by atoms with Gasteiger partial charge in [0.25, 0.3) is 5.89 Å². The van der Waals surface area contributed by atoms with E-state index in [4.69, 9.17) is 20.8 Å². The van der Waals surface area contributed by atoms with Crippen molar-refractivity contribution in [1.82, 2.24) is 15.2 Å². The third-order valence-corrected chi connectivity index (χ3v) is 6.89. The Morgan fingerprint density at radius 3 is 2.93 bits per heavy atom. The number of fused-ring (bicyclic) bond motifs is 4. The molecule has 3 amide bonds. The molecule has 160 valence electrons. The highest BCUT2D eigenvalue weighted by Crippen LogP contribution is 2.48. The van der Waals surface area contributed by atoms with Crippen LogP contribution in [-0.2, 0) is 10.3 Å². The number of carbonyl (C=O) groups excluding carboxylic acids is 2. The quantitative estimate of drug-likeness (QED) is 0.763. The lowest BCUT2D eigenvalue weighted by atomic mass is 9.74. The molecule has 1 unspecified atom stereocenters. The van der Waals surface area contributed by atoms with Gasteiger partial charge in [-0.3, -0.25) is 4.79 Å². The van der Waals surface area contributed by atoms with Crippen LogP contribution in [0, 0.1) is 0 Å². The van der Waals surface area contributed by atoms with Crippen LogP contribution < -0.4 is 10.6 Å². The van der Waals surface area contributed by atoms with Crippen molar-refractivity contribution < 1.29 is 18.7 Å². The van der Waals surface area contributed by atoms with E-state index >= 15 is 0 Å². The van der Waals surface area contributed by atoms with Crippen molar-refractivity contribution in [3.8, 4) is 0 Å². The summed E-state index contributed by atoms with van der Waals surface area (Å²) in [6.45, 7) is 1.15. The zero-order chi connectivity index (χ0) is 20.9. The van der Waals surface area contributed by atoms with E-state index < -0.39 is 5.54 Å². The van der Waals surface area contributed by atoms with Crippen molar-refractivity contribution in [3.05, 3.63) is 22.5 Å². The van der Waals surface area contributed by atoms with Gasteiger partial charge < -0.3 is 24.7 Å². The SMILES string of the molecule is COCC1CCCN1C(=O)c1nc2cc(Cl)c3c(c2o1)C1(CCCCC1)NC(=O)N3. The molecule has 0 radical (unpaired) electrons. The fourth-order valence-electron chi connectivity index (χ4n) is 5.25. The van der Waals surface area contributed by atoms with Gasteiger partial charge in [-0.05, 0) is 31.7 Å². The molecule has 2 aliphatic heterocycles. The molecule has 1 saturated heterocycles. The lowest BCUT2D eigenvalue weighted by molar-refractivity contribution is 0.0595. The third kappa shape index (κ3) is 3.04. The monoisotopic (exact) mass is 432 g/mol. The predicted octanol–water partition coefficient (Wildman–Crippen LogP) is 4.03. The summed E-state index contributed by atoms with van der Waals surface area (Å²) in [4.78, 5) is 31.8. The topological polar surface area (TPSA) is 96.7 Å².